The summed E-state index contributed by atoms with van der Waals surface area (Å²) < 4.78 is 2.00. The summed E-state index contributed by atoms with van der Waals surface area (Å²) in [6, 6.07) is 9.64. The fraction of sp³-hybridized carbons (Fsp3) is 0. The second-order valence-corrected chi connectivity index (χ2v) is 4.93. The number of hydrogen-bond donors (Lipinski definition) is 1. The number of benzene rings is 1. The van der Waals surface area contributed by atoms with Gasteiger partial charge >= 0.3 is 0 Å². The summed E-state index contributed by atoms with van der Waals surface area (Å²) in [5, 5.41) is 2.07. The van der Waals surface area contributed by atoms with Crippen molar-refractivity contribution >= 4 is 50.9 Å². The first-order valence-electron chi connectivity index (χ1n) is 5.48. The van der Waals surface area contributed by atoms with Crippen molar-refractivity contribution in [1.82, 2.24) is 14.4 Å². The molecule has 88 valence electrons. The molecule has 4 aromatic rings. The van der Waals surface area contributed by atoms with Crippen LogP contribution < -0.4 is 0 Å². The Bertz CT molecular complexity index is 905. The van der Waals surface area contributed by atoms with Crippen molar-refractivity contribution in [1.29, 1.82) is 0 Å². The minimum Gasteiger partial charge on any atom is -0.338 e. The number of H-pyrrole nitrogens is 1. The maximum Gasteiger partial charge on any atom is 0.143 e. The Morgan fingerprint density at radius 1 is 1.11 bits per heavy atom. The number of halogens is 2. The zero-order valence-electron chi connectivity index (χ0n) is 9.11. The molecule has 0 bridgehead atoms. The molecule has 0 fully saturated rings. The van der Waals surface area contributed by atoms with Gasteiger partial charge in [0.15, 0.2) is 0 Å². The van der Waals surface area contributed by atoms with E-state index in [0.717, 1.165) is 27.7 Å². The maximum absolute atomic E-state index is 6.21. The van der Waals surface area contributed by atoms with Crippen molar-refractivity contribution < 1.29 is 0 Å². The van der Waals surface area contributed by atoms with Gasteiger partial charge in [-0.15, -0.1) is 0 Å². The molecule has 0 aliphatic heterocycles. The summed E-state index contributed by atoms with van der Waals surface area (Å²) in [5.41, 5.74) is 3.59. The highest BCUT2D eigenvalue weighted by Gasteiger charge is 2.14. The molecule has 3 heterocycles. The van der Waals surface area contributed by atoms with Crippen molar-refractivity contribution in [2.45, 2.75) is 0 Å². The standard InChI is InChI=1S/C13H7Cl2N3/c14-8-5-4-7-11(10(8)15)17-13-12(7)16-9-3-1-2-6-18(9)13/h1-6,17H. The molecule has 0 saturated carbocycles. The molecular weight excluding hydrogens is 269 g/mol. The Hall–Kier alpha value is -1.71. The third kappa shape index (κ3) is 1.18. The third-order valence-electron chi connectivity index (χ3n) is 3.12. The molecule has 0 radical (unpaired) electrons. The van der Waals surface area contributed by atoms with Crippen LogP contribution in [0, 0.1) is 0 Å². The Morgan fingerprint density at radius 3 is 2.89 bits per heavy atom. The number of pyridine rings is 1. The summed E-state index contributed by atoms with van der Waals surface area (Å²) in [5.74, 6) is 0. The largest absolute Gasteiger partial charge is 0.338 e. The molecule has 3 aromatic heterocycles. The molecule has 0 spiro atoms. The molecule has 3 nitrogen and oxygen atoms in total. The molecule has 18 heavy (non-hydrogen) atoms. The van der Waals surface area contributed by atoms with Gasteiger partial charge in [0.1, 0.15) is 16.8 Å². The third-order valence-corrected chi connectivity index (χ3v) is 3.93. The topological polar surface area (TPSA) is 33.1 Å². The van der Waals surface area contributed by atoms with E-state index < -0.39 is 0 Å². The maximum atomic E-state index is 6.21. The molecule has 0 saturated heterocycles. The molecule has 0 aliphatic rings. The molecule has 1 N–H and O–H groups in total. The van der Waals surface area contributed by atoms with Crippen LogP contribution in [-0.4, -0.2) is 14.4 Å². The van der Waals surface area contributed by atoms with E-state index in [1.807, 2.05) is 34.9 Å². The number of nitrogens with one attached hydrogen (secondary N) is 1. The van der Waals surface area contributed by atoms with Crippen molar-refractivity contribution in [2.75, 3.05) is 0 Å². The number of imidazole rings is 1. The van der Waals surface area contributed by atoms with Crippen molar-refractivity contribution in [3.63, 3.8) is 0 Å². The van der Waals surface area contributed by atoms with Crippen LogP contribution >= 0.6 is 23.2 Å². The van der Waals surface area contributed by atoms with Crippen LogP contribution in [0.15, 0.2) is 36.5 Å². The summed E-state index contributed by atoms with van der Waals surface area (Å²) in [6.45, 7) is 0. The Kier molecular flexibility index (Phi) is 1.93. The van der Waals surface area contributed by atoms with E-state index in [0.29, 0.717) is 10.0 Å². The zero-order chi connectivity index (χ0) is 12.3. The van der Waals surface area contributed by atoms with Gasteiger partial charge in [-0.2, -0.15) is 0 Å². The van der Waals surface area contributed by atoms with Gasteiger partial charge in [0.2, 0.25) is 0 Å². The van der Waals surface area contributed by atoms with Crippen LogP contribution in [0.2, 0.25) is 10.0 Å². The Morgan fingerprint density at radius 2 is 2.00 bits per heavy atom. The minimum atomic E-state index is 0.539. The summed E-state index contributed by atoms with van der Waals surface area (Å²) in [7, 11) is 0. The Balaban J connectivity index is 2.30. The van der Waals surface area contributed by atoms with E-state index in [-0.39, 0.29) is 0 Å². The SMILES string of the molecule is Clc1ccc2c([nH]c3c2nc2ccccn23)c1Cl. The zero-order valence-corrected chi connectivity index (χ0v) is 10.6. The second-order valence-electron chi connectivity index (χ2n) is 4.15. The molecular formula is C13H7Cl2N3. The van der Waals surface area contributed by atoms with Crippen LogP contribution in [0.4, 0.5) is 0 Å². The van der Waals surface area contributed by atoms with E-state index in [1.54, 1.807) is 6.07 Å². The van der Waals surface area contributed by atoms with Gasteiger partial charge in [0.25, 0.3) is 0 Å². The predicted octanol–water partition coefficient (Wildman–Crippen LogP) is 4.28. The number of rotatable bonds is 0. The molecule has 5 heteroatoms. The summed E-state index contributed by atoms with van der Waals surface area (Å²) in [4.78, 5) is 7.90. The smallest absolute Gasteiger partial charge is 0.143 e. The first-order chi connectivity index (χ1) is 8.75. The average molecular weight is 276 g/mol. The fourth-order valence-electron chi connectivity index (χ4n) is 2.29. The lowest BCUT2D eigenvalue weighted by molar-refractivity contribution is 1.20. The van der Waals surface area contributed by atoms with Crippen LogP contribution in [0.1, 0.15) is 0 Å². The molecule has 4 rings (SSSR count). The van der Waals surface area contributed by atoms with E-state index in [9.17, 15) is 0 Å². The van der Waals surface area contributed by atoms with Crippen molar-refractivity contribution in [3.05, 3.63) is 46.6 Å². The quantitative estimate of drug-likeness (QED) is 0.511. The first-order valence-corrected chi connectivity index (χ1v) is 6.24. The van der Waals surface area contributed by atoms with Gasteiger partial charge < -0.3 is 4.98 Å². The van der Waals surface area contributed by atoms with Gasteiger partial charge in [-0.05, 0) is 24.3 Å². The van der Waals surface area contributed by atoms with E-state index in [1.165, 1.54) is 0 Å². The Labute approximate surface area is 112 Å². The number of fused-ring (bicyclic) bond motifs is 5. The van der Waals surface area contributed by atoms with Crippen LogP contribution in [0.25, 0.3) is 27.7 Å². The highest BCUT2D eigenvalue weighted by Crippen LogP contribution is 2.34. The van der Waals surface area contributed by atoms with Gasteiger partial charge in [-0.3, -0.25) is 4.40 Å². The van der Waals surface area contributed by atoms with Crippen LogP contribution in [0.5, 0.6) is 0 Å². The van der Waals surface area contributed by atoms with Crippen molar-refractivity contribution in [3.8, 4) is 0 Å². The summed E-state index contributed by atoms with van der Waals surface area (Å²) >= 11 is 12.2. The molecule has 0 amide bonds. The van der Waals surface area contributed by atoms with Crippen LogP contribution in [0.3, 0.4) is 0 Å². The fourth-order valence-corrected chi connectivity index (χ4v) is 2.66. The van der Waals surface area contributed by atoms with Crippen LogP contribution in [-0.2, 0) is 0 Å². The molecule has 0 aliphatic carbocycles. The minimum absolute atomic E-state index is 0.539. The van der Waals surface area contributed by atoms with E-state index in [4.69, 9.17) is 23.2 Å². The molecule has 1 aromatic carbocycles. The number of nitrogens with zero attached hydrogens (tertiary/aromatic N) is 2. The first kappa shape index (κ1) is 10.2. The summed E-state index contributed by atoms with van der Waals surface area (Å²) in [6.07, 6.45) is 1.97. The number of hydrogen-bond acceptors (Lipinski definition) is 1. The number of aromatic nitrogens is 3. The lowest BCUT2D eigenvalue weighted by atomic mass is 10.2. The normalized spacial score (nSPS) is 11.9. The van der Waals surface area contributed by atoms with Crippen molar-refractivity contribution in [2.24, 2.45) is 0 Å². The predicted molar refractivity (Wildman–Crippen MR) is 74.6 cm³/mol. The average Bonchev–Trinajstić information content (AvgIpc) is 2.90. The monoisotopic (exact) mass is 275 g/mol. The van der Waals surface area contributed by atoms with Gasteiger partial charge in [0.05, 0.1) is 15.6 Å². The van der Waals surface area contributed by atoms with Gasteiger partial charge in [-0.25, -0.2) is 4.98 Å². The number of aromatic amines is 1. The second kappa shape index (κ2) is 3.40. The lowest BCUT2D eigenvalue weighted by Gasteiger charge is -1.97. The van der Waals surface area contributed by atoms with E-state index in [2.05, 4.69) is 9.97 Å². The van der Waals surface area contributed by atoms with E-state index >= 15 is 0 Å². The highest BCUT2D eigenvalue weighted by atomic mass is 35.5. The van der Waals surface area contributed by atoms with Gasteiger partial charge in [0, 0.05) is 11.6 Å². The highest BCUT2D eigenvalue weighted by molar-refractivity contribution is 6.45. The molecule has 0 unspecified atom stereocenters. The lowest BCUT2D eigenvalue weighted by Crippen LogP contribution is -1.83. The molecule has 0 atom stereocenters. The van der Waals surface area contributed by atoms with Gasteiger partial charge in [-0.1, -0.05) is 29.3 Å².